The van der Waals surface area contributed by atoms with Crippen LogP contribution in [0.3, 0.4) is 0 Å². The van der Waals surface area contributed by atoms with Crippen LogP contribution in [0.15, 0.2) is 54.6 Å². The van der Waals surface area contributed by atoms with Gasteiger partial charge in [0.15, 0.2) is 0 Å². The first-order chi connectivity index (χ1) is 13.4. The summed E-state index contributed by atoms with van der Waals surface area (Å²) in [6, 6.07) is 13.5. The van der Waals surface area contributed by atoms with E-state index in [-0.39, 0.29) is 18.6 Å². The van der Waals surface area contributed by atoms with E-state index < -0.39 is 17.8 Å². The number of carbonyl (C=O) groups excluding carboxylic acids is 3. The SMILES string of the molecule is COC(=O)Cc1cc(CC(=O)OC)cc(NC(=O)C=C(O)c2ccccc2)c1. The van der Waals surface area contributed by atoms with Gasteiger partial charge in [-0.3, -0.25) is 14.4 Å². The zero-order chi connectivity index (χ0) is 20.5. The molecule has 2 N–H and O–H groups in total. The van der Waals surface area contributed by atoms with Crippen LogP contribution in [-0.4, -0.2) is 37.2 Å². The Hall–Kier alpha value is -3.61. The van der Waals surface area contributed by atoms with Crippen molar-refractivity contribution in [3.8, 4) is 0 Å². The molecular weight excluding hydrogens is 362 g/mol. The summed E-state index contributed by atoms with van der Waals surface area (Å²) in [6.45, 7) is 0. The Morgan fingerprint density at radius 3 is 1.96 bits per heavy atom. The monoisotopic (exact) mass is 383 g/mol. The maximum Gasteiger partial charge on any atom is 0.309 e. The highest BCUT2D eigenvalue weighted by Crippen LogP contribution is 2.18. The lowest BCUT2D eigenvalue weighted by Crippen LogP contribution is -2.12. The van der Waals surface area contributed by atoms with Crippen LogP contribution in [0.4, 0.5) is 5.69 Å². The normalized spacial score (nSPS) is 10.9. The number of hydrogen-bond acceptors (Lipinski definition) is 6. The number of rotatable bonds is 7. The van der Waals surface area contributed by atoms with Gasteiger partial charge in [-0.2, -0.15) is 0 Å². The number of methoxy groups -OCH3 is 2. The minimum absolute atomic E-state index is 0.0144. The molecule has 0 bridgehead atoms. The summed E-state index contributed by atoms with van der Waals surface area (Å²) in [7, 11) is 2.56. The summed E-state index contributed by atoms with van der Waals surface area (Å²) >= 11 is 0. The largest absolute Gasteiger partial charge is 0.507 e. The summed E-state index contributed by atoms with van der Waals surface area (Å²) in [6.07, 6.45) is 1.03. The van der Waals surface area contributed by atoms with Crippen LogP contribution >= 0.6 is 0 Å². The molecule has 0 spiro atoms. The summed E-state index contributed by atoms with van der Waals surface area (Å²) < 4.78 is 9.32. The quantitative estimate of drug-likeness (QED) is 0.433. The van der Waals surface area contributed by atoms with E-state index >= 15 is 0 Å². The van der Waals surface area contributed by atoms with Crippen LogP contribution < -0.4 is 5.32 Å². The average Bonchev–Trinajstić information content (AvgIpc) is 2.68. The first-order valence-corrected chi connectivity index (χ1v) is 8.45. The molecule has 2 aromatic rings. The van der Waals surface area contributed by atoms with Crippen molar-refractivity contribution < 1.29 is 29.0 Å². The molecule has 0 heterocycles. The summed E-state index contributed by atoms with van der Waals surface area (Å²) in [4.78, 5) is 35.4. The Balaban J connectivity index is 2.23. The van der Waals surface area contributed by atoms with Crippen LogP contribution in [-0.2, 0) is 36.7 Å². The number of esters is 2. The zero-order valence-corrected chi connectivity index (χ0v) is 15.6. The van der Waals surface area contributed by atoms with Gasteiger partial charge in [-0.15, -0.1) is 0 Å². The van der Waals surface area contributed by atoms with E-state index in [2.05, 4.69) is 14.8 Å². The Labute approximate surface area is 162 Å². The van der Waals surface area contributed by atoms with Gasteiger partial charge in [0.05, 0.1) is 27.1 Å². The van der Waals surface area contributed by atoms with Crippen LogP contribution in [0.2, 0.25) is 0 Å². The molecule has 2 rings (SSSR count). The van der Waals surface area contributed by atoms with Gasteiger partial charge < -0.3 is 19.9 Å². The number of hydrogen-bond donors (Lipinski definition) is 2. The molecule has 0 aliphatic heterocycles. The Morgan fingerprint density at radius 1 is 0.929 bits per heavy atom. The standard InChI is InChI=1S/C21H21NO6/c1-27-20(25)11-14-8-15(12-21(26)28-2)10-17(9-14)22-19(24)13-18(23)16-6-4-3-5-7-16/h3-10,13,23H,11-12H2,1-2H3,(H,22,24). The van der Waals surface area contributed by atoms with E-state index in [1.807, 2.05) is 0 Å². The first-order valence-electron chi connectivity index (χ1n) is 8.45. The van der Waals surface area contributed by atoms with Crippen molar-refractivity contribution in [3.05, 3.63) is 71.3 Å². The lowest BCUT2D eigenvalue weighted by Gasteiger charge is -2.10. The van der Waals surface area contributed by atoms with Gasteiger partial charge in [0.2, 0.25) is 0 Å². The molecule has 0 saturated carbocycles. The minimum Gasteiger partial charge on any atom is -0.507 e. The molecule has 0 fully saturated rings. The van der Waals surface area contributed by atoms with Gasteiger partial charge in [0, 0.05) is 17.3 Å². The van der Waals surface area contributed by atoms with Gasteiger partial charge >= 0.3 is 11.9 Å². The van der Waals surface area contributed by atoms with E-state index in [1.54, 1.807) is 48.5 Å². The van der Waals surface area contributed by atoms with Crippen LogP contribution in [0.1, 0.15) is 16.7 Å². The molecular formula is C21H21NO6. The summed E-state index contributed by atoms with van der Waals surface area (Å²) in [5.74, 6) is -1.64. The Kier molecular flexibility index (Phi) is 7.33. The molecule has 0 aromatic heterocycles. The van der Waals surface area contributed by atoms with Crippen molar-refractivity contribution in [2.75, 3.05) is 19.5 Å². The summed E-state index contributed by atoms with van der Waals surface area (Å²) in [5, 5.41) is 12.7. The van der Waals surface area contributed by atoms with Gasteiger partial charge in [-0.25, -0.2) is 0 Å². The van der Waals surface area contributed by atoms with E-state index in [9.17, 15) is 19.5 Å². The summed E-state index contributed by atoms with van der Waals surface area (Å²) in [5.41, 5.74) is 2.02. The highest BCUT2D eigenvalue weighted by Gasteiger charge is 2.11. The molecule has 0 atom stereocenters. The molecule has 0 radical (unpaired) electrons. The Bertz CT molecular complexity index is 853. The Morgan fingerprint density at radius 2 is 1.46 bits per heavy atom. The number of aliphatic hydroxyl groups excluding tert-OH is 1. The van der Waals surface area contributed by atoms with E-state index in [0.717, 1.165) is 6.08 Å². The van der Waals surface area contributed by atoms with Crippen LogP contribution in [0.25, 0.3) is 5.76 Å². The lowest BCUT2D eigenvalue weighted by atomic mass is 10.0. The second-order valence-corrected chi connectivity index (χ2v) is 5.93. The molecule has 146 valence electrons. The number of aliphatic hydroxyl groups is 1. The smallest absolute Gasteiger partial charge is 0.309 e. The third-order valence-corrected chi connectivity index (χ3v) is 3.81. The number of ether oxygens (including phenoxy) is 2. The highest BCUT2D eigenvalue weighted by molar-refractivity contribution is 6.03. The van der Waals surface area contributed by atoms with Crippen molar-refractivity contribution in [2.45, 2.75) is 12.8 Å². The maximum atomic E-state index is 12.2. The molecule has 28 heavy (non-hydrogen) atoms. The highest BCUT2D eigenvalue weighted by atomic mass is 16.5. The van der Waals surface area contributed by atoms with E-state index in [1.165, 1.54) is 14.2 Å². The molecule has 7 heteroatoms. The number of benzene rings is 2. The molecule has 7 nitrogen and oxygen atoms in total. The third kappa shape index (κ3) is 6.28. The van der Waals surface area contributed by atoms with Crippen molar-refractivity contribution in [1.29, 1.82) is 0 Å². The molecule has 0 aliphatic rings. The maximum absolute atomic E-state index is 12.2. The topological polar surface area (TPSA) is 102 Å². The second-order valence-electron chi connectivity index (χ2n) is 5.93. The average molecular weight is 383 g/mol. The van der Waals surface area contributed by atoms with Gasteiger partial charge in [0.25, 0.3) is 5.91 Å². The predicted octanol–water partition coefficient (Wildman–Crippen LogP) is 2.66. The fourth-order valence-corrected chi connectivity index (χ4v) is 2.51. The first kappa shape index (κ1) is 20.7. The van der Waals surface area contributed by atoms with Gasteiger partial charge in [0.1, 0.15) is 5.76 Å². The lowest BCUT2D eigenvalue weighted by molar-refractivity contribution is -0.140. The molecule has 0 saturated heterocycles. The molecule has 1 amide bonds. The third-order valence-electron chi connectivity index (χ3n) is 3.81. The number of amides is 1. The fraction of sp³-hybridized carbons (Fsp3) is 0.190. The van der Waals surface area contributed by atoms with Crippen molar-refractivity contribution in [3.63, 3.8) is 0 Å². The van der Waals surface area contributed by atoms with Crippen molar-refractivity contribution in [1.82, 2.24) is 0 Å². The second kappa shape index (κ2) is 9.91. The van der Waals surface area contributed by atoms with Crippen molar-refractivity contribution >= 4 is 29.3 Å². The number of carbonyl (C=O) groups is 3. The minimum atomic E-state index is -0.555. The van der Waals surface area contributed by atoms with E-state index in [4.69, 9.17) is 0 Å². The fourth-order valence-electron chi connectivity index (χ4n) is 2.51. The number of nitrogens with one attached hydrogen (secondary N) is 1. The number of anilines is 1. The van der Waals surface area contributed by atoms with E-state index in [0.29, 0.717) is 22.4 Å². The van der Waals surface area contributed by atoms with Crippen LogP contribution in [0.5, 0.6) is 0 Å². The predicted molar refractivity (Wildman–Crippen MR) is 104 cm³/mol. The van der Waals surface area contributed by atoms with Crippen LogP contribution in [0, 0.1) is 0 Å². The molecule has 0 aliphatic carbocycles. The zero-order valence-electron chi connectivity index (χ0n) is 15.6. The van der Waals surface area contributed by atoms with Gasteiger partial charge in [-0.1, -0.05) is 36.4 Å². The molecule has 2 aromatic carbocycles. The molecule has 0 unspecified atom stereocenters. The van der Waals surface area contributed by atoms with Crippen molar-refractivity contribution in [2.24, 2.45) is 0 Å². The van der Waals surface area contributed by atoms with Gasteiger partial charge in [-0.05, 0) is 23.3 Å².